The minimum Gasteiger partial charge on any atom is -0.478 e. The molecule has 28 heavy (non-hydrogen) atoms. The number of rotatable bonds is 8. The number of carbonyl (C=O) groups excluding carboxylic acids is 1. The summed E-state index contributed by atoms with van der Waals surface area (Å²) in [6.45, 7) is 9.59. The van der Waals surface area contributed by atoms with E-state index in [4.69, 9.17) is 0 Å². The maximum Gasteiger partial charge on any atom is 0.339 e. The van der Waals surface area contributed by atoms with Gasteiger partial charge in [-0.3, -0.25) is 4.79 Å². The van der Waals surface area contributed by atoms with Gasteiger partial charge in [0.25, 0.3) is 5.91 Å². The molecule has 0 aliphatic rings. The van der Waals surface area contributed by atoms with E-state index in [1.54, 1.807) is 0 Å². The van der Waals surface area contributed by atoms with Gasteiger partial charge in [-0.15, -0.1) is 0 Å². The zero-order chi connectivity index (χ0) is 20.8. The van der Waals surface area contributed by atoms with Crippen molar-refractivity contribution in [1.82, 2.24) is 4.98 Å². The molecule has 1 aromatic carbocycles. The molecule has 0 aliphatic carbocycles. The quantitative estimate of drug-likeness (QED) is 0.706. The molecule has 0 radical (unpaired) electrons. The number of halogens is 1. The van der Waals surface area contributed by atoms with Crippen LogP contribution < -0.4 is 10.2 Å². The number of hydrogen-bond acceptors (Lipinski definition) is 4. The molecule has 0 unspecified atom stereocenters. The van der Waals surface area contributed by atoms with Gasteiger partial charge in [-0.2, -0.15) is 0 Å². The van der Waals surface area contributed by atoms with Gasteiger partial charge < -0.3 is 15.3 Å². The molecule has 6 nitrogen and oxygen atoms in total. The van der Waals surface area contributed by atoms with Crippen LogP contribution in [0.4, 0.5) is 15.9 Å². The highest BCUT2D eigenvalue weighted by Gasteiger charge is 2.21. The Hall–Kier alpha value is -2.96. The van der Waals surface area contributed by atoms with Crippen molar-refractivity contribution in [3.8, 4) is 0 Å². The summed E-state index contributed by atoms with van der Waals surface area (Å²) in [6, 6.07) is 6.50. The Labute approximate surface area is 164 Å². The molecular formula is C21H26FN3O3. The standard InChI is InChI=1S/C21H26FN3O3/c1-13(2)11-25(12-14(3)4)19-18(21(27)28)9-17(10-23-19)24-20(26)15-5-7-16(22)8-6-15/h5-10,13-14H,11-12H2,1-4H3,(H,24,26)(H,27,28). The van der Waals surface area contributed by atoms with Crippen LogP contribution in [0.15, 0.2) is 36.5 Å². The van der Waals surface area contributed by atoms with Crippen LogP contribution in [0.25, 0.3) is 0 Å². The van der Waals surface area contributed by atoms with E-state index in [2.05, 4.69) is 38.0 Å². The van der Waals surface area contributed by atoms with Gasteiger partial charge in [0.2, 0.25) is 0 Å². The van der Waals surface area contributed by atoms with E-state index in [0.29, 0.717) is 30.7 Å². The van der Waals surface area contributed by atoms with Gasteiger partial charge in [-0.1, -0.05) is 27.7 Å². The highest BCUT2D eigenvalue weighted by molar-refractivity contribution is 6.05. The minimum absolute atomic E-state index is 0.0261. The Kier molecular flexibility index (Phi) is 7.09. The minimum atomic E-state index is -1.11. The molecule has 0 aliphatic heterocycles. The van der Waals surface area contributed by atoms with Crippen molar-refractivity contribution in [2.75, 3.05) is 23.3 Å². The summed E-state index contributed by atoms with van der Waals surface area (Å²) >= 11 is 0. The van der Waals surface area contributed by atoms with E-state index in [1.807, 2.05) is 4.90 Å². The molecule has 0 atom stereocenters. The molecule has 0 saturated heterocycles. The van der Waals surface area contributed by atoms with Crippen LogP contribution in [0.3, 0.4) is 0 Å². The Morgan fingerprint density at radius 3 is 2.18 bits per heavy atom. The molecule has 1 aromatic heterocycles. The fourth-order valence-electron chi connectivity index (χ4n) is 2.87. The summed E-state index contributed by atoms with van der Waals surface area (Å²) in [5.74, 6) is -0.967. The second-order valence-electron chi connectivity index (χ2n) is 7.55. The van der Waals surface area contributed by atoms with Gasteiger partial charge in [0.1, 0.15) is 17.2 Å². The molecular weight excluding hydrogens is 361 g/mol. The van der Waals surface area contributed by atoms with Crippen molar-refractivity contribution in [2.24, 2.45) is 11.8 Å². The fraction of sp³-hybridized carbons (Fsp3) is 0.381. The van der Waals surface area contributed by atoms with Crippen LogP contribution >= 0.6 is 0 Å². The van der Waals surface area contributed by atoms with Crippen molar-refractivity contribution < 1.29 is 19.1 Å². The zero-order valence-electron chi connectivity index (χ0n) is 16.6. The first-order valence-electron chi connectivity index (χ1n) is 9.22. The fourth-order valence-corrected chi connectivity index (χ4v) is 2.87. The maximum absolute atomic E-state index is 13.0. The van der Waals surface area contributed by atoms with E-state index in [9.17, 15) is 19.1 Å². The summed E-state index contributed by atoms with van der Waals surface area (Å²) in [7, 11) is 0. The van der Waals surface area contributed by atoms with Gasteiger partial charge in [0, 0.05) is 18.7 Å². The van der Waals surface area contributed by atoms with Gasteiger partial charge in [-0.05, 0) is 42.2 Å². The highest BCUT2D eigenvalue weighted by atomic mass is 19.1. The van der Waals surface area contributed by atoms with Gasteiger partial charge in [0.05, 0.1) is 11.9 Å². The normalized spacial score (nSPS) is 11.0. The SMILES string of the molecule is CC(C)CN(CC(C)C)c1ncc(NC(=O)c2ccc(F)cc2)cc1C(=O)O. The first-order chi connectivity index (χ1) is 13.2. The first kappa shape index (κ1) is 21.3. The van der Waals surface area contributed by atoms with Crippen molar-refractivity contribution >= 4 is 23.4 Å². The van der Waals surface area contributed by atoms with Gasteiger partial charge in [-0.25, -0.2) is 14.2 Å². The molecule has 2 aromatic rings. The maximum atomic E-state index is 13.0. The van der Waals surface area contributed by atoms with Crippen molar-refractivity contribution in [2.45, 2.75) is 27.7 Å². The molecule has 0 bridgehead atoms. The van der Waals surface area contributed by atoms with Crippen molar-refractivity contribution in [3.05, 3.63) is 53.5 Å². The van der Waals surface area contributed by atoms with Crippen molar-refractivity contribution in [3.63, 3.8) is 0 Å². The second-order valence-corrected chi connectivity index (χ2v) is 7.55. The number of carboxylic acid groups (broad SMARTS) is 1. The first-order valence-corrected chi connectivity index (χ1v) is 9.22. The summed E-state index contributed by atoms with van der Waals surface area (Å²) in [6.07, 6.45) is 1.44. The number of pyridine rings is 1. The topological polar surface area (TPSA) is 82.5 Å². The summed E-state index contributed by atoms with van der Waals surface area (Å²) < 4.78 is 13.0. The molecule has 0 saturated carbocycles. The third-order valence-electron chi connectivity index (χ3n) is 3.93. The second kappa shape index (κ2) is 9.30. The number of nitrogens with zero attached hydrogens (tertiary/aromatic N) is 2. The van der Waals surface area contributed by atoms with E-state index in [1.165, 1.54) is 36.5 Å². The lowest BCUT2D eigenvalue weighted by molar-refractivity contribution is 0.0696. The number of carboxylic acids is 1. The number of anilines is 2. The molecule has 2 N–H and O–H groups in total. The largest absolute Gasteiger partial charge is 0.478 e. The smallest absolute Gasteiger partial charge is 0.339 e. The van der Waals surface area contributed by atoms with Gasteiger partial charge >= 0.3 is 5.97 Å². The average molecular weight is 387 g/mol. The van der Waals surface area contributed by atoms with Crippen LogP contribution in [0.5, 0.6) is 0 Å². The molecule has 2 rings (SSSR count). The number of aromatic carboxylic acids is 1. The van der Waals surface area contributed by atoms with E-state index >= 15 is 0 Å². The predicted octanol–water partition coefficient (Wildman–Crippen LogP) is 4.29. The summed E-state index contributed by atoms with van der Waals surface area (Å²) in [5, 5.41) is 12.3. The van der Waals surface area contributed by atoms with Crippen LogP contribution in [0, 0.1) is 17.7 Å². The Balaban J connectivity index is 2.31. The Morgan fingerprint density at radius 1 is 1.11 bits per heavy atom. The van der Waals surface area contributed by atoms with Crippen LogP contribution in [0.1, 0.15) is 48.4 Å². The zero-order valence-corrected chi connectivity index (χ0v) is 16.6. The molecule has 7 heteroatoms. The van der Waals surface area contributed by atoms with Crippen LogP contribution in [-0.4, -0.2) is 35.1 Å². The van der Waals surface area contributed by atoms with E-state index < -0.39 is 17.7 Å². The molecule has 0 fully saturated rings. The number of aromatic nitrogens is 1. The summed E-state index contributed by atoms with van der Waals surface area (Å²) in [5.41, 5.74) is 0.561. The molecule has 1 heterocycles. The Bertz CT molecular complexity index is 825. The number of benzene rings is 1. The lowest BCUT2D eigenvalue weighted by Gasteiger charge is -2.28. The summed E-state index contributed by atoms with van der Waals surface area (Å²) in [4.78, 5) is 30.4. The average Bonchev–Trinajstić information content (AvgIpc) is 2.60. The van der Waals surface area contributed by atoms with Crippen LogP contribution in [0.2, 0.25) is 0 Å². The number of nitrogens with one attached hydrogen (secondary N) is 1. The van der Waals surface area contributed by atoms with E-state index in [0.717, 1.165) is 0 Å². The number of carbonyl (C=O) groups is 2. The molecule has 1 amide bonds. The number of amides is 1. The number of hydrogen-bond donors (Lipinski definition) is 2. The highest BCUT2D eigenvalue weighted by Crippen LogP contribution is 2.24. The molecule has 150 valence electrons. The Morgan fingerprint density at radius 2 is 1.68 bits per heavy atom. The predicted molar refractivity (Wildman–Crippen MR) is 107 cm³/mol. The third-order valence-corrected chi connectivity index (χ3v) is 3.93. The van der Waals surface area contributed by atoms with Crippen molar-refractivity contribution in [1.29, 1.82) is 0 Å². The van der Waals surface area contributed by atoms with E-state index in [-0.39, 0.29) is 16.8 Å². The third kappa shape index (κ3) is 5.77. The van der Waals surface area contributed by atoms with Crippen LogP contribution in [-0.2, 0) is 0 Å². The monoisotopic (exact) mass is 387 g/mol. The molecule has 0 spiro atoms. The lowest BCUT2D eigenvalue weighted by atomic mass is 10.1. The van der Waals surface area contributed by atoms with Gasteiger partial charge in [0.15, 0.2) is 0 Å². The lowest BCUT2D eigenvalue weighted by Crippen LogP contribution is -2.33.